The number of fused-ring (bicyclic) bond motifs is 2. The van der Waals surface area contributed by atoms with Gasteiger partial charge < -0.3 is 0 Å². The number of allylic oxidation sites excluding steroid dienone is 2. The van der Waals surface area contributed by atoms with E-state index in [1.807, 2.05) is 36.5 Å². The second-order valence-electron chi connectivity index (χ2n) is 5.42. The number of nitrogens with zero attached hydrogens (tertiary/aromatic N) is 1. The van der Waals surface area contributed by atoms with Crippen molar-refractivity contribution < 1.29 is 4.79 Å². The van der Waals surface area contributed by atoms with Gasteiger partial charge in [-0.15, -0.1) is 0 Å². The minimum absolute atomic E-state index is 0.0545. The fourth-order valence-electron chi connectivity index (χ4n) is 3.02. The van der Waals surface area contributed by atoms with Crippen molar-refractivity contribution in [1.29, 1.82) is 0 Å². The van der Waals surface area contributed by atoms with Gasteiger partial charge >= 0.3 is 0 Å². The van der Waals surface area contributed by atoms with Gasteiger partial charge in [0.15, 0.2) is 0 Å². The van der Waals surface area contributed by atoms with Crippen LogP contribution < -0.4 is 5.43 Å². The first-order chi connectivity index (χ1) is 9.31. The Morgan fingerprint density at radius 1 is 1.26 bits per heavy atom. The van der Waals surface area contributed by atoms with E-state index in [9.17, 15) is 4.79 Å². The van der Waals surface area contributed by atoms with E-state index >= 15 is 0 Å². The van der Waals surface area contributed by atoms with Crippen molar-refractivity contribution in [1.82, 2.24) is 5.43 Å². The van der Waals surface area contributed by atoms with Gasteiger partial charge in [-0.05, 0) is 30.2 Å². The molecule has 3 heteroatoms. The predicted molar refractivity (Wildman–Crippen MR) is 75.6 cm³/mol. The molecule has 0 saturated heterocycles. The quantitative estimate of drug-likeness (QED) is 0.501. The molecule has 0 aromatic heterocycles. The average Bonchev–Trinajstić information content (AvgIpc) is 3.02. The predicted octanol–water partition coefficient (Wildman–Crippen LogP) is 2.54. The van der Waals surface area contributed by atoms with E-state index in [-0.39, 0.29) is 5.91 Å². The minimum atomic E-state index is -0.0545. The lowest BCUT2D eigenvalue weighted by Gasteiger charge is -2.11. The van der Waals surface area contributed by atoms with E-state index in [2.05, 4.69) is 22.7 Å². The van der Waals surface area contributed by atoms with E-state index in [1.165, 1.54) is 12.8 Å². The van der Waals surface area contributed by atoms with Crippen molar-refractivity contribution in [2.24, 2.45) is 22.9 Å². The maximum Gasteiger partial charge on any atom is 0.244 e. The summed E-state index contributed by atoms with van der Waals surface area (Å²) in [4.78, 5) is 11.7. The van der Waals surface area contributed by atoms with Crippen LogP contribution in [-0.2, 0) is 11.2 Å². The third-order valence-corrected chi connectivity index (χ3v) is 3.99. The number of hydrazone groups is 1. The van der Waals surface area contributed by atoms with Gasteiger partial charge in [-0.1, -0.05) is 42.5 Å². The van der Waals surface area contributed by atoms with Crippen molar-refractivity contribution in [3.63, 3.8) is 0 Å². The van der Waals surface area contributed by atoms with Crippen LogP contribution in [0.2, 0.25) is 0 Å². The lowest BCUT2D eigenvalue weighted by molar-refractivity contribution is -0.120. The molecule has 0 aliphatic heterocycles. The Balaban J connectivity index is 1.47. The average molecular weight is 254 g/mol. The van der Waals surface area contributed by atoms with Crippen LogP contribution in [0.1, 0.15) is 18.4 Å². The van der Waals surface area contributed by atoms with Gasteiger partial charge in [0.2, 0.25) is 5.91 Å². The molecule has 1 amide bonds. The molecule has 0 heterocycles. The minimum Gasteiger partial charge on any atom is -0.273 e. The number of carbonyl (C=O) groups is 1. The third-order valence-electron chi connectivity index (χ3n) is 3.99. The molecular formula is C16H18N2O. The summed E-state index contributed by atoms with van der Waals surface area (Å²) in [6, 6.07) is 9.72. The number of hydrogen-bond donors (Lipinski definition) is 1. The van der Waals surface area contributed by atoms with E-state index in [0.29, 0.717) is 18.3 Å². The Hall–Kier alpha value is -1.90. The summed E-state index contributed by atoms with van der Waals surface area (Å²) >= 11 is 0. The number of carbonyl (C=O) groups excluding carboxylic acids is 1. The summed E-state index contributed by atoms with van der Waals surface area (Å²) in [5.74, 6) is 1.83. The van der Waals surface area contributed by atoms with Crippen LogP contribution in [0.15, 0.2) is 47.6 Å². The van der Waals surface area contributed by atoms with Crippen molar-refractivity contribution >= 4 is 12.1 Å². The normalized spacial score (nSPS) is 28.1. The molecule has 0 radical (unpaired) electrons. The molecule has 1 aromatic carbocycles. The van der Waals surface area contributed by atoms with Crippen LogP contribution >= 0.6 is 0 Å². The first-order valence-corrected chi connectivity index (χ1v) is 6.85. The lowest BCUT2D eigenvalue weighted by atomic mass is 9.95. The molecule has 0 spiro atoms. The Labute approximate surface area is 113 Å². The highest BCUT2D eigenvalue weighted by Gasteiger charge is 2.34. The molecule has 2 bridgehead atoms. The van der Waals surface area contributed by atoms with E-state index in [0.717, 1.165) is 11.5 Å². The third kappa shape index (κ3) is 2.92. The summed E-state index contributed by atoms with van der Waals surface area (Å²) in [6.45, 7) is 0. The molecule has 3 atom stereocenters. The first-order valence-electron chi connectivity index (χ1n) is 6.85. The van der Waals surface area contributed by atoms with Crippen LogP contribution in [-0.4, -0.2) is 12.1 Å². The highest BCUT2D eigenvalue weighted by molar-refractivity contribution is 5.79. The van der Waals surface area contributed by atoms with Crippen molar-refractivity contribution in [3.05, 3.63) is 48.0 Å². The van der Waals surface area contributed by atoms with Gasteiger partial charge in [-0.2, -0.15) is 5.10 Å². The highest BCUT2D eigenvalue weighted by Crippen LogP contribution is 2.42. The summed E-state index contributed by atoms with van der Waals surface area (Å²) in [5, 5.41) is 4.11. The highest BCUT2D eigenvalue weighted by atomic mass is 16.2. The van der Waals surface area contributed by atoms with Gasteiger partial charge in [0.05, 0.1) is 6.42 Å². The van der Waals surface area contributed by atoms with Gasteiger partial charge in [0.1, 0.15) is 0 Å². The monoisotopic (exact) mass is 254 g/mol. The molecule has 1 N–H and O–H groups in total. The fourth-order valence-corrected chi connectivity index (χ4v) is 3.02. The summed E-state index contributed by atoms with van der Waals surface area (Å²) < 4.78 is 0. The zero-order valence-electron chi connectivity index (χ0n) is 10.8. The van der Waals surface area contributed by atoms with Crippen LogP contribution in [0.3, 0.4) is 0 Å². The molecule has 2 aliphatic rings. The van der Waals surface area contributed by atoms with Crippen LogP contribution in [0.25, 0.3) is 0 Å². The Morgan fingerprint density at radius 2 is 2.11 bits per heavy atom. The Morgan fingerprint density at radius 3 is 2.79 bits per heavy atom. The summed E-state index contributed by atoms with van der Waals surface area (Å²) in [7, 11) is 0. The molecule has 1 saturated carbocycles. The van der Waals surface area contributed by atoms with Crippen molar-refractivity contribution in [2.75, 3.05) is 0 Å². The van der Waals surface area contributed by atoms with Crippen LogP contribution in [0.4, 0.5) is 0 Å². The molecule has 3 rings (SSSR count). The van der Waals surface area contributed by atoms with Crippen LogP contribution in [0, 0.1) is 17.8 Å². The topological polar surface area (TPSA) is 41.5 Å². The second kappa shape index (κ2) is 5.39. The summed E-state index contributed by atoms with van der Waals surface area (Å²) in [6.07, 6.45) is 9.33. The van der Waals surface area contributed by atoms with E-state index < -0.39 is 0 Å². The second-order valence-corrected chi connectivity index (χ2v) is 5.42. The summed E-state index contributed by atoms with van der Waals surface area (Å²) in [5.41, 5.74) is 3.64. The van der Waals surface area contributed by atoms with Gasteiger partial charge in [0, 0.05) is 12.1 Å². The van der Waals surface area contributed by atoms with Gasteiger partial charge in [-0.25, -0.2) is 5.43 Å². The maximum atomic E-state index is 11.7. The van der Waals surface area contributed by atoms with Gasteiger partial charge in [-0.3, -0.25) is 4.79 Å². The molecule has 1 fully saturated rings. The van der Waals surface area contributed by atoms with Crippen LogP contribution in [0.5, 0.6) is 0 Å². The zero-order chi connectivity index (χ0) is 13.1. The molecule has 3 unspecified atom stereocenters. The maximum absolute atomic E-state index is 11.7. The largest absolute Gasteiger partial charge is 0.273 e. The Bertz CT molecular complexity index is 507. The lowest BCUT2D eigenvalue weighted by Crippen LogP contribution is -2.21. The van der Waals surface area contributed by atoms with E-state index in [1.54, 1.807) is 0 Å². The molecule has 19 heavy (non-hydrogen) atoms. The smallest absolute Gasteiger partial charge is 0.244 e. The zero-order valence-corrected chi connectivity index (χ0v) is 10.8. The Kier molecular flexibility index (Phi) is 3.45. The number of amides is 1. The standard InChI is InChI=1S/C16H18N2O/c19-16(10-12-4-2-1-3-5-12)18-17-11-15-9-13-6-7-14(15)8-13/h1-7,11,13-15H,8-10H2,(H,18,19). The SMILES string of the molecule is O=C(Cc1ccccc1)NN=CC1CC2C=CC1C2. The molecule has 2 aliphatic carbocycles. The van der Waals surface area contributed by atoms with E-state index in [4.69, 9.17) is 0 Å². The van der Waals surface area contributed by atoms with Crippen molar-refractivity contribution in [2.45, 2.75) is 19.3 Å². The number of benzene rings is 1. The molecule has 1 aromatic rings. The number of rotatable bonds is 4. The molecule has 3 nitrogen and oxygen atoms in total. The first kappa shape index (κ1) is 12.2. The fraction of sp³-hybridized carbons (Fsp3) is 0.375. The van der Waals surface area contributed by atoms with Gasteiger partial charge in [0.25, 0.3) is 0 Å². The molecule has 98 valence electrons. The number of hydrogen-bond acceptors (Lipinski definition) is 2. The number of nitrogens with one attached hydrogen (secondary N) is 1. The van der Waals surface area contributed by atoms with Crippen molar-refractivity contribution in [3.8, 4) is 0 Å². The molecular weight excluding hydrogens is 236 g/mol.